The maximum absolute atomic E-state index is 12.0. The molecule has 0 aliphatic carbocycles. The quantitative estimate of drug-likeness (QED) is 0.795. The fourth-order valence-corrected chi connectivity index (χ4v) is 3.84. The molecule has 1 saturated heterocycles. The summed E-state index contributed by atoms with van der Waals surface area (Å²) in [6.45, 7) is 7.43. The van der Waals surface area contributed by atoms with Crippen LogP contribution < -0.4 is 5.32 Å². The summed E-state index contributed by atoms with van der Waals surface area (Å²) in [5.41, 5.74) is 0. The van der Waals surface area contributed by atoms with Crippen LogP contribution in [0, 0.1) is 0 Å². The number of hydrogen-bond donors (Lipinski definition) is 1. The molecule has 1 aliphatic heterocycles. The van der Waals surface area contributed by atoms with Crippen LogP contribution in [-0.2, 0) is 10.0 Å². The number of nitrogens with one attached hydrogen (secondary N) is 1. The molecule has 4 nitrogen and oxygen atoms in total. The monoisotopic (exact) mass is 248 g/mol. The fraction of sp³-hybridized carbons (Fsp3) is 1.00. The van der Waals surface area contributed by atoms with E-state index in [0.717, 1.165) is 25.8 Å². The third-order valence-electron chi connectivity index (χ3n) is 3.32. The number of sulfonamides is 1. The van der Waals surface area contributed by atoms with Crippen LogP contribution in [0.3, 0.4) is 0 Å². The van der Waals surface area contributed by atoms with Gasteiger partial charge in [0.15, 0.2) is 0 Å². The van der Waals surface area contributed by atoms with Crippen LogP contribution in [0.25, 0.3) is 0 Å². The van der Waals surface area contributed by atoms with Gasteiger partial charge in [-0.05, 0) is 33.2 Å². The van der Waals surface area contributed by atoms with Gasteiger partial charge in [-0.1, -0.05) is 13.3 Å². The molecule has 0 aromatic heterocycles. The van der Waals surface area contributed by atoms with Crippen LogP contribution in [-0.4, -0.2) is 43.6 Å². The summed E-state index contributed by atoms with van der Waals surface area (Å²) >= 11 is 0. The smallest absolute Gasteiger partial charge is 0.214 e. The molecule has 1 fully saturated rings. The largest absolute Gasteiger partial charge is 0.313 e. The molecule has 0 radical (unpaired) electrons. The minimum Gasteiger partial charge on any atom is -0.313 e. The van der Waals surface area contributed by atoms with Crippen LogP contribution >= 0.6 is 0 Å². The molecule has 0 aromatic rings. The van der Waals surface area contributed by atoms with Gasteiger partial charge in [0.1, 0.15) is 0 Å². The lowest BCUT2D eigenvalue weighted by Crippen LogP contribution is -2.53. The Kier molecular flexibility index (Phi) is 5.21. The van der Waals surface area contributed by atoms with Gasteiger partial charge >= 0.3 is 0 Å². The lowest BCUT2D eigenvalue weighted by Gasteiger charge is -2.38. The Bertz CT molecular complexity index is 303. The van der Waals surface area contributed by atoms with Gasteiger partial charge in [-0.2, -0.15) is 4.31 Å². The highest BCUT2D eigenvalue weighted by atomic mass is 32.2. The second kappa shape index (κ2) is 5.98. The van der Waals surface area contributed by atoms with E-state index in [2.05, 4.69) is 19.2 Å². The van der Waals surface area contributed by atoms with Crippen molar-refractivity contribution in [2.24, 2.45) is 0 Å². The van der Waals surface area contributed by atoms with Crippen molar-refractivity contribution in [1.82, 2.24) is 9.62 Å². The molecule has 1 aliphatic rings. The van der Waals surface area contributed by atoms with Gasteiger partial charge in [-0.25, -0.2) is 8.42 Å². The average molecular weight is 248 g/mol. The van der Waals surface area contributed by atoms with E-state index in [9.17, 15) is 8.42 Å². The van der Waals surface area contributed by atoms with Crippen molar-refractivity contribution < 1.29 is 8.42 Å². The van der Waals surface area contributed by atoms with E-state index in [1.54, 1.807) is 11.2 Å². The second-order valence-corrected chi connectivity index (χ2v) is 6.63. The zero-order chi connectivity index (χ0) is 12.2. The van der Waals surface area contributed by atoms with Crippen LogP contribution in [0.5, 0.6) is 0 Å². The first-order chi connectivity index (χ1) is 7.53. The third kappa shape index (κ3) is 3.18. The van der Waals surface area contributed by atoms with Gasteiger partial charge in [0, 0.05) is 18.6 Å². The molecule has 0 bridgehead atoms. The normalized spacial score (nSPS) is 25.6. The topological polar surface area (TPSA) is 49.4 Å². The summed E-state index contributed by atoms with van der Waals surface area (Å²) in [7, 11) is -3.04. The van der Waals surface area contributed by atoms with E-state index in [-0.39, 0.29) is 17.8 Å². The maximum Gasteiger partial charge on any atom is 0.214 e. The Balaban J connectivity index is 2.79. The molecule has 0 amide bonds. The lowest BCUT2D eigenvalue weighted by molar-refractivity contribution is 0.210. The highest BCUT2D eigenvalue weighted by Crippen LogP contribution is 2.23. The van der Waals surface area contributed by atoms with E-state index in [0.29, 0.717) is 6.54 Å². The van der Waals surface area contributed by atoms with Gasteiger partial charge < -0.3 is 5.32 Å². The molecule has 2 atom stereocenters. The highest BCUT2D eigenvalue weighted by Gasteiger charge is 2.33. The van der Waals surface area contributed by atoms with Gasteiger partial charge in [-0.15, -0.1) is 0 Å². The molecule has 96 valence electrons. The molecule has 0 saturated carbocycles. The minimum absolute atomic E-state index is 0.138. The lowest BCUT2D eigenvalue weighted by atomic mass is 9.99. The number of piperidine rings is 1. The third-order valence-corrected chi connectivity index (χ3v) is 5.22. The zero-order valence-corrected chi connectivity index (χ0v) is 11.4. The zero-order valence-electron chi connectivity index (χ0n) is 10.6. The standard InChI is InChI=1S/C11H24N2O2S/c1-4-12-10(3)11-8-6-7-9-13(11)16(14,15)5-2/h10-12H,4-9H2,1-3H3. The van der Waals surface area contributed by atoms with Crippen LogP contribution in [0.4, 0.5) is 0 Å². The van der Waals surface area contributed by atoms with Crippen molar-refractivity contribution in [3.8, 4) is 0 Å². The Morgan fingerprint density at radius 2 is 2.06 bits per heavy atom. The van der Waals surface area contributed by atoms with E-state index in [1.807, 2.05) is 0 Å². The first-order valence-electron chi connectivity index (χ1n) is 6.25. The van der Waals surface area contributed by atoms with Gasteiger partial charge in [0.05, 0.1) is 5.75 Å². The molecule has 16 heavy (non-hydrogen) atoms. The average Bonchev–Trinajstić information content (AvgIpc) is 2.29. The highest BCUT2D eigenvalue weighted by molar-refractivity contribution is 7.89. The van der Waals surface area contributed by atoms with E-state index in [4.69, 9.17) is 0 Å². The minimum atomic E-state index is -3.04. The first-order valence-corrected chi connectivity index (χ1v) is 7.86. The van der Waals surface area contributed by atoms with Crippen molar-refractivity contribution >= 4 is 10.0 Å². The van der Waals surface area contributed by atoms with Crippen molar-refractivity contribution in [3.05, 3.63) is 0 Å². The molecule has 1 heterocycles. The number of rotatable bonds is 5. The van der Waals surface area contributed by atoms with Crippen molar-refractivity contribution in [3.63, 3.8) is 0 Å². The second-order valence-electron chi connectivity index (χ2n) is 4.42. The number of likely N-dealkylation sites (N-methyl/N-ethyl adjacent to an activating group) is 1. The Hall–Kier alpha value is -0.130. The summed E-state index contributed by atoms with van der Waals surface area (Å²) in [5, 5.41) is 3.34. The van der Waals surface area contributed by atoms with E-state index >= 15 is 0 Å². The van der Waals surface area contributed by atoms with Crippen LogP contribution in [0.2, 0.25) is 0 Å². The molecule has 5 heteroatoms. The molecule has 0 spiro atoms. The Labute approximate surface area is 99.5 Å². The Morgan fingerprint density at radius 3 is 2.62 bits per heavy atom. The van der Waals surface area contributed by atoms with Crippen LogP contribution in [0.15, 0.2) is 0 Å². The molecule has 2 unspecified atom stereocenters. The molecular weight excluding hydrogens is 224 g/mol. The first kappa shape index (κ1) is 13.9. The van der Waals surface area contributed by atoms with Crippen LogP contribution in [0.1, 0.15) is 40.0 Å². The number of nitrogens with zero attached hydrogens (tertiary/aromatic N) is 1. The van der Waals surface area contributed by atoms with Gasteiger partial charge in [0.2, 0.25) is 10.0 Å². The van der Waals surface area contributed by atoms with Gasteiger partial charge in [-0.3, -0.25) is 0 Å². The predicted octanol–water partition coefficient (Wildman–Crippen LogP) is 1.19. The summed E-state index contributed by atoms with van der Waals surface area (Å²) in [6, 6.07) is 0.380. The molecule has 0 aromatic carbocycles. The van der Waals surface area contributed by atoms with Crippen molar-refractivity contribution in [1.29, 1.82) is 0 Å². The van der Waals surface area contributed by atoms with Gasteiger partial charge in [0.25, 0.3) is 0 Å². The molecule has 1 rings (SSSR count). The summed E-state index contributed by atoms with van der Waals surface area (Å²) in [5.74, 6) is 0.211. The maximum atomic E-state index is 12.0. The molecular formula is C11H24N2O2S. The van der Waals surface area contributed by atoms with Crippen molar-refractivity contribution in [2.45, 2.75) is 52.1 Å². The SMILES string of the molecule is CCNC(C)C1CCCCN1S(=O)(=O)CC. The summed E-state index contributed by atoms with van der Waals surface area (Å²) in [4.78, 5) is 0. The predicted molar refractivity (Wildman–Crippen MR) is 66.9 cm³/mol. The van der Waals surface area contributed by atoms with Crippen molar-refractivity contribution in [2.75, 3.05) is 18.8 Å². The fourth-order valence-electron chi connectivity index (χ4n) is 2.40. The summed E-state index contributed by atoms with van der Waals surface area (Å²) < 4.78 is 25.7. The summed E-state index contributed by atoms with van der Waals surface area (Å²) in [6.07, 6.45) is 3.11. The van der Waals surface area contributed by atoms with E-state index in [1.165, 1.54) is 0 Å². The molecule has 1 N–H and O–H groups in total. The van der Waals surface area contributed by atoms with E-state index < -0.39 is 10.0 Å². The Morgan fingerprint density at radius 1 is 1.38 bits per heavy atom. The number of hydrogen-bond acceptors (Lipinski definition) is 3.